The molecule has 0 aromatic carbocycles. The average molecular weight is 341 g/mol. The third-order valence-electron chi connectivity index (χ3n) is 4.73. The maximum Gasteiger partial charge on any atom is 0.333 e. The minimum Gasteiger partial charge on any atom is -0.479 e. The van der Waals surface area contributed by atoms with Crippen LogP contribution in [-0.4, -0.2) is 62.3 Å². The Morgan fingerprint density at radius 3 is 2.32 bits per heavy atom. The molecular formula is C13H21F2NO5S. The summed E-state index contributed by atoms with van der Waals surface area (Å²) in [6.07, 6.45) is -2.05. The second-order valence-corrected chi connectivity index (χ2v) is 8.17. The molecule has 0 aromatic heterocycles. The molecule has 22 heavy (non-hydrogen) atoms. The minimum atomic E-state index is -3.81. The predicted octanol–water partition coefficient (Wildman–Crippen LogP) is 1.17. The van der Waals surface area contributed by atoms with Crippen LogP contribution >= 0.6 is 0 Å². The van der Waals surface area contributed by atoms with Crippen molar-refractivity contribution in [3.63, 3.8) is 0 Å². The van der Waals surface area contributed by atoms with Crippen molar-refractivity contribution in [1.29, 1.82) is 0 Å². The molecule has 1 saturated carbocycles. The number of aliphatic carboxylic acids is 1. The smallest absolute Gasteiger partial charge is 0.333 e. The highest BCUT2D eigenvalue weighted by Crippen LogP contribution is 2.45. The summed E-state index contributed by atoms with van der Waals surface area (Å²) in [6.45, 7) is 0.0128. The molecule has 9 heteroatoms. The van der Waals surface area contributed by atoms with Crippen molar-refractivity contribution < 1.29 is 31.8 Å². The van der Waals surface area contributed by atoms with Crippen molar-refractivity contribution >= 4 is 16.0 Å². The number of halogens is 2. The number of sulfonamides is 1. The largest absolute Gasteiger partial charge is 0.479 e. The SMILES string of the molecule is COC(C(=O)O)C1CN(S(=O)(=O)CC2(C(F)F)CCCC2)C1. The third-order valence-corrected chi connectivity index (χ3v) is 6.75. The van der Waals surface area contributed by atoms with Gasteiger partial charge >= 0.3 is 5.97 Å². The molecule has 6 nitrogen and oxygen atoms in total. The molecule has 1 aliphatic heterocycles. The van der Waals surface area contributed by atoms with E-state index in [1.807, 2.05) is 0 Å². The van der Waals surface area contributed by atoms with Crippen LogP contribution in [0, 0.1) is 11.3 Å². The fourth-order valence-electron chi connectivity index (χ4n) is 3.34. The van der Waals surface area contributed by atoms with E-state index in [2.05, 4.69) is 0 Å². The van der Waals surface area contributed by atoms with Crippen molar-refractivity contribution in [2.45, 2.75) is 38.2 Å². The topological polar surface area (TPSA) is 83.9 Å². The number of rotatable bonds is 7. The van der Waals surface area contributed by atoms with Crippen LogP contribution in [0.15, 0.2) is 0 Å². The molecule has 128 valence electrons. The quantitative estimate of drug-likeness (QED) is 0.751. The predicted molar refractivity (Wildman–Crippen MR) is 74.2 cm³/mol. The summed E-state index contributed by atoms with van der Waals surface area (Å²) >= 11 is 0. The van der Waals surface area contributed by atoms with Gasteiger partial charge in [0, 0.05) is 31.5 Å². The molecule has 0 aromatic rings. The number of nitrogens with zero attached hydrogens (tertiary/aromatic N) is 1. The molecule has 1 unspecified atom stereocenters. The molecule has 0 bridgehead atoms. The number of carbonyl (C=O) groups is 1. The molecule has 0 amide bonds. The van der Waals surface area contributed by atoms with Crippen molar-refractivity contribution in [2.75, 3.05) is 26.0 Å². The number of methoxy groups -OCH3 is 1. The van der Waals surface area contributed by atoms with E-state index in [4.69, 9.17) is 9.84 Å². The summed E-state index contributed by atoms with van der Waals surface area (Å²) in [5.74, 6) is -2.15. The first-order valence-corrected chi connectivity index (χ1v) is 8.84. The van der Waals surface area contributed by atoms with Gasteiger partial charge in [-0.2, -0.15) is 0 Å². The molecule has 2 fully saturated rings. The van der Waals surface area contributed by atoms with Gasteiger partial charge in [-0.25, -0.2) is 26.3 Å². The van der Waals surface area contributed by atoms with Gasteiger partial charge in [0.1, 0.15) is 0 Å². The Morgan fingerprint density at radius 2 is 1.91 bits per heavy atom. The van der Waals surface area contributed by atoms with Gasteiger partial charge in [0.2, 0.25) is 16.4 Å². The maximum absolute atomic E-state index is 13.3. The molecule has 0 radical (unpaired) electrons. The van der Waals surface area contributed by atoms with E-state index in [0.717, 1.165) is 4.31 Å². The third kappa shape index (κ3) is 3.26. The first-order valence-electron chi connectivity index (χ1n) is 7.23. The zero-order valence-electron chi connectivity index (χ0n) is 12.4. The lowest BCUT2D eigenvalue weighted by Crippen LogP contribution is -2.58. The Hall–Kier alpha value is -0.800. The standard InChI is InChI=1S/C13H21F2NO5S/c1-21-10(11(17)18)9-6-16(7-9)22(19,20)8-13(12(14)15)4-2-3-5-13/h9-10,12H,2-8H2,1H3,(H,17,18). The second kappa shape index (κ2) is 6.37. The zero-order chi connectivity index (χ0) is 16.5. The fraction of sp³-hybridized carbons (Fsp3) is 0.923. The summed E-state index contributed by atoms with van der Waals surface area (Å²) in [4.78, 5) is 10.9. The monoisotopic (exact) mass is 341 g/mol. The molecule has 1 atom stereocenters. The van der Waals surface area contributed by atoms with E-state index >= 15 is 0 Å². The summed E-state index contributed by atoms with van der Waals surface area (Å²) < 4.78 is 57.1. The molecule has 2 aliphatic rings. The van der Waals surface area contributed by atoms with Crippen LogP contribution in [0.5, 0.6) is 0 Å². The van der Waals surface area contributed by atoms with E-state index in [1.54, 1.807) is 0 Å². The summed E-state index contributed by atoms with van der Waals surface area (Å²) in [5.41, 5.74) is -1.45. The number of carboxylic acids is 1. The van der Waals surface area contributed by atoms with Crippen LogP contribution in [0.4, 0.5) is 8.78 Å². The van der Waals surface area contributed by atoms with Gasteiger partial charge in [0.15, 0.2) is 6.10 Å². The van der Waals surface area contributed by atoms with Crippen LogP contribution in [0.25, 0.3) is 0 Å². The Kier molecular flexibility index (Phi) is 5.08. The summed E-state index contributed by atoms with van der Waals surface area (Å²) in [6, 6.07) is 0. The first kappa shape index (κ1) is 17.6. The van der Waals surface area contributed by atoms with Gasteiger partial charge in [-0.3, -0.25) is 0 Å². The van der Waals surface area contributed by atoms with E-state index < -0.39 is 45.6 Å². The lowest BCUT2D eigenvalue weighted by Gasteiger charge is -2.42. The van der Waals surface area contributed by atoms with Crippen LogP contribution in [0.1, 0.15) is 25.7 Å². The molecule has 0 spiro atoms. The van der Waals surface area contributed by atoms with Crippen molar-refractivity contribution in [1.82, 2.24) is 4.31 Å². The molecular weight excluding hydrogens is 320 g/mol. The van der Waals surface area contributed by atoms with Gasteiger partial charge in [-0.1, -0.05) is 12.8 Å². The van der Waals surface area contributed by atoms with Gasteiger partial charge in [0.05, 0.1) is 5.75 Å². The number of hydrogen-bond acceptors (Lipinski definition) is 4. The van der Waals surface area contributed by atoms with Crippen LogP contribution in [0.3, 0.4) is 0 Å². The highest BCUT2D eigenvalue weighted by molar-refractivity contribution is 7.89. The minimum absolute atomic E-state index is 0.00641. The van der Waals surface area contributed by atoms with Crippen molar-refractivity contribution in [3.8, 4) is 0 Å². The first-order chi connectivity index (χ1) is 10.2. The van der Waals surface area contributed by atoms with Gasteiger partial charge in [-0.15, -0.1) is 0 Å². The van der Waals surface area contributed by atoms with E-state index in [-0.39, 0.29) is 25.9 Å². The molecule has 1 heterocycles. The Morgan fingerprint density at radius 1 is 1.36 bits per heavy atom. The van der Waals surface area contributed by atoms with E-state index in [0.29, 0.717) is 12.8 Å². The highest BCUT2D eigenvalue weighted by Gasteiger charge is 2.50. The average Bonchev–Trinajstić information content (AvgIpc) is 2.81. The van der Waals surface area contributed by atoms with Crippen molar-refractivity contribution in [2.24, 2.45) is 11.3 Å². The Bertz CT molecular complexity index is 513. The number of alkyl halides is 2. The van der Waals surface area contributed by atoms with Crippen LogP contribution < -0.4 is 0 Å². The summed E-state index contributed by atoms with van der Waals surface area (Å²) in [7, 11) is -2.56. The maximum atomic E-state index is 13.3. The Balaban J connectivity index is 2.00. The number of ether oxygens (including phenoxy) is 1. The van der Waals surface area contributed by atoms with Crippen molar-refractivity contribution in [3.05, 3.63) is 0 Å². The van der Waals surface area contributed by atoms with Gasteiger partial charge in [0.25, 0.3) is 0 Å². The lowest BCUT2D eigenvalue weighted by atomic mass is 9.89. The van der Waals surface area contributed by atoms with Crippen LogP contribution in [-0.2, 0) is 19.6 Å². The number of hydrogen-bond donors (Lipinski definition) is 1. The highest BCUT2D eigenvalue weighted by atomic mass is 32.2. The van der Waals surface area contributed by atoms with E-state index in [9.17, 15) is 22.0 Å². The Labute approximate surface area is 128 Å². The normalized spacial score (nSPS) is 24.4. The van der Waals surface area contributed by atoms with Gasteiger partial charge in [-0.05, 0) is 12.8 Å². The summed E-state index contributed by atoms with van der Waals surface area (Å²) in [5, 5.41) is 8.95. The molecule has 1 N–H and O–H groups in total. The lowest BCUT2D eigenvalue weighted by molar-refractivity contribution is -0.154. The molecule has 2 rings (SSSR count). The van der Waals surface area contributed by atoms with E-state index in [1.165, 1.54) is 7.11 Å². The molecule has 1 aliphatic carbocycles. The number of carboxylic acid groups (broad SMARTS) is 1. The second-order valence-electron chi connectivity index (χ2n) is 6.20. The van der Waals surface area contributed by atoms with Crippen LogP contribution in [0.2, 0.25) is 0 Å². The van der Waals surface area contributed by atoms with Gasteiger partial charge < -0.3 is 9.84 Å². The molecule has 1 saturated heterocycles. The zero-order valence-corrected chi connectivity index (χ0v) is 13.2. The fourth-order valence-corrected chi connectivity index (χ4v) is 5.50.